The van der Waals surface area contributed by atoms with Gasteiger partial charge in [0.05, 0.1) is 17.8 Å². The second kappa shape index (κ2) is 15.2. The Bertz CT molecular complexity index is 1590. The first-order valence-corrected chi connectivity index (χ1v) is 15.8. The molecule has 1 aliphatic rings. The normalized spacial score (nSPS) is 11.6. The zero-order chi connectivity index (χ0) is 32.6. The zero-order valence-corrected chi connectivity index (χ0v) is 27.8. The number of hydrogen-bond acceptors (Lipinski definition) is 6. The van der Waals surface area contributed by atoms with Crippen LogP contribution in [0.2, 0.25) is 0 Å². The van der Waals surface area contributed by atoms with E-state index in [9.17, 15) is 9.59 Å². The van der Waals surface area contributed by atoms with E-state index in [1.807, 2.05) is 42.5 Å². The number of aliphatic hydroxyl groups excluding tert-OH is 1. The number of nitrogens with one attached hydrogen (secondary N) is 1. The van der Waals surface area contributed by atoms with E-state index in [0.29, 0.717) is 12.0 Å². The number of nitrogens with zero attached hydrogens (tertiary/aromatic N) is 1. The van der Waals surface area contributed by atoms with Crippen molar-refractivity contribution < 1.29 is 19.8 Å². The first kappa shape index (κ1) is 34.6. The van der Waals surface area contributed by atoms with E-state index in [1.54, 1.807) is 32.7 Å². The Hall–Kier alpha value is -3.91. The summed E-state index contributed by atoms with van der Waals surface area (Å²) in [4.78, 5) is 25.0. The van der Waals surface area contributed by atoms with Gasteiger partial charge in [-0.3, -0.25) is 4.79 Å². The number of amides is 1. The maximum atomic E-state index is 13.2. The van der Waals surface area contributed by atoms with Crippen LogP contribution in [0, 0.1) is 20.8 Å². The second-order valence-corrected chi connectivity index (χ2v) is 12.5. The van der Waals surface area contributed by atoms with Crippen LogP contribution in [0.4, 0.5) is 11.4 Å². The van der Waals surface area contributed by atoms with Gasteiger partial charge in [0, 0.05) is 36.6 Å². The van der Waals surface area contributed by atoms with E-state index in [4.69, 9.17) is 10.2 Å². The highest BCUT2D eigenvalue weighted by Gasteiger charge is 2.30. The van der Waals surface area contributed by atoms with Gasteiger partial charge >= 0.3 is 0 Å². The minimum absolute atomic E-state index is 0.131. The molecule has 0 bridgehead atoms. The summed E-state index contributed by atoms with van der Waals surface area (Å²) >= 11 is 1.68. The minimum Gasteiger partial charge on any atom is -0.400 e. The molecule has 0 radical (unpaired) electrons. The summed E-state index contributed by atoms with van der Waals surface area (Å²) in [6.07, 6.45) is 3.44. The molecule has 1 heterocycles. The minimum atomic E-state index is -0.500. The van der Waals surface area contributed by atoms with Crippen LogP contribution in [-0.2, 0) is 17.8 Å². The lowest BCUT2D eigenvalue weighted by Crippen LogP contribution is -2.23. The van der Waals surface area contributed by atoms with Crippen LogP contribution >= 0.6 is 11.9 Å². The molecule has 6 nitrogen and oxygen atoms in total. The number of hydrogen-bond donors (Lipinski definition) is 3. The third-order valence-electron chi connectivity index (χ3n) is 7.18. The van der Waals surface area contributed by atoms with Gasteiger partial charge in [0.25, 0.3) is 5.91 Å². The number of fused-ring (bicyclic) bond motifs is 3. The predicted molar refractivity (Wildman–Crippen MR) is 186 cm³/mol. The fourth-order valence-electron chi connectivity index (χ4n) is 5.34. The second-order valence-electron chi connectivity index (χ2n) is 11.6. The number of carbonyl (C=O) groups is 2. The first-order valence-electron chi connectivity index (χ1n) is 14.6. The number of aldehydes is 1. The fourth-order valence-corrected chi connectivity index (χ4v) is 6.02. The van der Waals surface area contributed by atoms with Crippen LogP contribution in [0.25, 0.3) is 22.3 Å². The Labute approximate surface area is 266 Å². The molecule has 0 aliphatic carbocycles. The van der Waals surface area contributed by atoms with Gasteiger partial charge in [-0.15, -0.1) is 0 Å². The maximum absolute atomic E-state index is 13.2. The molecule has 1 amide bonds. The van der Waals surface area contributed by atoms with Crippen molar-refractivity contribution >= 4 is 35.5 Å². The average molecular weight is 613 g/mol. The Morgan fingerprint density at radius 2 is 1.55 bits per heavy atom. The van der Waals surface area contributed by atoms with E-state index in [-0.39, 0.29) is 5.91 Å². The number of para-hydroxylation sites is 1. The van der Waals surface area contributed by atoms with Crippen LogP contribution in [0.3, 0.4) is 0 Å². The number of anilines is 2. The Kier molecular flexibility index (Phi) is 11.9. The van der Waals surface area contributed by atoms with Gasteiger partial charge in [0.1, 0.15) is 6.29 Å². The van der Waals surface area contributed by atoms with Gasteiger partial charge in [0.15, 0.2) is 0 Å². The average Bonchev–Trinajstić information content (AvgIpc) is 3.00. The monoisotopic (exact) mass is 612 g/mol. The summed E-state index contributed by atoms with van der Waals surface area (Å²) in [5.41, 5.74) is 12.1. The maximum Gasteiger partial charge on any atom is 0.255 e. The molecule has 0 aromatic heterocycles. The fraction of sp³-hybridized carbons (Fsp3) is 0.297. The smallest absolute Gasteiger partial charge is 0.255 e. The van der Waals surface area contributed by atoms with E-state index in [0.717, 1.165) is 70.3 Å². The van der Waals surface area contributed by atoms with Gasteiger partial charge in [-0.1, -0.05) is 66.0 Å². The van der Waals surface area contributed by atoms with Crippen LogP contribution in [0.1, 0.15) is 58.9 Å². The van der Waals surface area contributed by atoms with Crippen molar-refractivity contribution in [3.63, 3.8) is 0 Å². The van der Waals surface area contributed by atoms with Gasteiger partial charge in [0.2, 0.25) is 0 Å². The molecule has 0 fully saturated rings. The largest absolute Gasteiger partial charge is 0.400 e. The lowest BCUT2D eigenvalue weighted by Gasteiger charge is -2.36. The van der Waals surface area contributed by atoms with Gasteiger partial charge in [-0.05, 0) is 105 Å². The van der Waals surface area contributed by atoms with Crippen molar-refractivity contribution in [2.75, 3.05) is 23.0 Å². The summed E-state index contributed by atoms with van der Waals surface area (Å²) in [7, 11) is 1.00. The molecule has 1 aliphatic heterocycles. The van der Waals surface area contributed by atoms with Gasteiger partial charge in [-0.25, -0.2) is 0 Å². The predicted octanol–water partition coefficient (Wildman–Crippen LogP) is 7.92. The van der Waals surface area contributed by atoms with E-state index in [1.165, 1.54) is 11.1 Å². The summed E-state index contributed by atoms with van der Waals surface area (Å²) in [6.45, 7) is 12.3. The standard InChI is InChI=1S/C32H30N2O2S.C4H10O.CH4O/c1-20-10-12-23(13-11-20)29-22(3)30-28-18-24(32(36)33-26-8-6-5-7-9-26)14-15-25(28)19-34(37-4)31(30)21(2)27(29)16-17-35;1-4(2,3)5;1-2/h5-15,17-18H,16,19H2,1-4H3,(H,33,36);5H,1-3H3;2H,1H3. The van der Waals surface area contributed by atoms with E-state index >= 15 is 0 Å². The van der Waals surface area contributed by atoms with Crippen molar-refractivity contribution in [2.24, 2.45) is 0 Å². The molecule has 0 saturated heterocycles. The Morgan fingerprint density at radius 1 is 0.932 bits per heavy atom. The quantitative estimate of drug-likeness (QED) is 0.151. The molecule has 5 rings (SSSR count). The number of rotatable bonds is 6. The molecule has 0 spiro atoms. The van der Waals surface area contributed by atoms with E-state index in [2.05, 4.69) is 67.0 Å². The van der Waals surface area contributed by atoms with Crippen LogP contribution in [0.5, 0.6) is 0 Å². The topological polar surface area (TPSA) is 89.9 Å². The molecule has 0 atom stereocenters. The number of benzene rings is 4. The van der Waals surface area contributed by atoms with Gasteiger partial charge < -0.3 is 24.6 Å². The number of aliphatic hydroxyl groups is 2. The Balaban J connectivity index is 0.000000688. The highest BCUT2D eigenvalue weighted by Crippen LogP contribution is 2.50. The Morgan fingerprint density at radius 3 is 2.11 bits per heavy atom. The summed E-state index contributed by atoms with van der Waals surface area (Å²) in [5.74, 6) is -0.131. The van der Waals surface area contributed by atoms with Crippen molar-refractivity contribution in [3.8, 4) is 22.3 Å². The molecular formula is C37H44N2O4S. The molecular weight excluding hydrogens is 568 g/mol. The van der Waals surface area contributed by atoms with Crippen molar-refractivity contribution in [3.05, 3.63) is 106 Å². The summed E-state index contributed by atoms with van der Waals surface area (Å²) in [6, 6.07) is 24.0. The highest BCUT2D eigenvalue weighted by atomic mass is 32.2. The zero-order valence-electron chi connectivity index (χ0n) is 27.0. The number of aryl methyl sites for hydroxylation is 1. The molecule has 0 unspecified atom stereocenters. The lowest BCUT2D eigenvalue weighted by molar-refractivity contribution is -0.107. The van der Waals surface area contributed by atoms with Crippen molar-refractivity contribution in [1.82, 2.24) is 0 Å². The van der Waals surface area contributed by atoms with Crippen LogP contribution in [0.15, 0.2) is 72.8 Å². The van der Waals surface area contributed by atoms with E-state index < -0.39 is 5.60 Å². The van der Waals surface area contributed by atoms with Crippen LogP contribution < -0.4 is 9.62 Å². The molecule has 4 aromatic carbocycles. The third kappa shape index (κ3) is 8.17. The first-order chi connectivity index (χ1) is 20.9. The molecule has 7 heteroatoms. The SMILES string of the molecule is CC(C)(C)O.CO.CSN1Cc2ccc(C(=O)Nc3ccccc3)cc2-c2c(C)c(-c3ccc(C)cc3)c(CC=O)c(C)c21. The highest BCUT2D eigenvalue weighted by molar-refractivity contribution is 7.99. The molecule has 232 valence electrons. The third-order valence-corrected chi connectivity index (χ3v) is 7.93. The molecule has 0 saturated carbocycles. The molecule has 4 aromatic rings. The summed E-state index contributed by atoms with van der Waals surface area (Å²) < 4.78 is 2.30. The number of carbonyl (C=O) groups excluding carboxylic acids is 2. The van der Waals surface area contributed by atoms with Crippen LogP contribution in [-0.4, -0.2) is 41.4 Å². The van der Waals surface area contributed by atoms with Crippen molar-refractivity contribution in [1.29, 1.82) is 0 Å². The lowest BCUT2D eigenvalue weighted by atomic mass is 9.80. The molecule has 44 heavy (non-hydrogen) atoms. The van der Waals surface area contributed by atoms with Crippen molar-refractivity contribution in [2.45, 2.75) is 60.1 Å². The summed E-state index contributed by atoms with van der Waals surface area (Å²) in [5, 5.41) is 18.5. The van der Waals surface area contributed by atoms with Gasteiger partial charge in [-0.2, -0.15) is 0 Å². The molecule has 3 N–H and O–H groups in total.